The molecule has 1 aliphatic rings. The lowest BCUT2D eigenvalue weighted by Crippen LogP contribution is -2.40. The van der Waals surface area contributed by atoms with Gasteiger partial charge in [-0.05, 0) is 31.0 Å². The fourth-order valence-electron chi connectivity index (χ4n) is 3.38. The summed E-state index contributed by atoms with van der Waals surface area (Å²) in [6.45, 7) is 1.92. The number of nitrogens with one attached hydrogen (secondary N) is 2. The van der Waals surface area contributed by atoms with E-state index in [1.165, 1.54) is 30.4 Å². The minimum Gasteiger partial charge on any atom is -0.496 e. The Hall–Kier alpha value is -1.84. The number of rotatable bonds is 5. The Kier molecular flexibility index (Phi) is 5.67. The van der Waals surface area contributed by atoms with Crippen molar-refractivity contribution in [2.75, 3.05) is 13.7 Å². The van der Waals surface area contributed by atoms with Gasteiger partial charge in [-0.1, -0.05) is 55.0 Å². The average Bonchev–Trinajstić information content (AvgIpc) is 2.86. The number of methoxy groups -OCH3 is 1. The van der Waals surface area contributed by atoms with Crippen LogP contribution in [0.25, 0.3) is 0 Å². The van der Waals surface area contributed by atoms with Crippen LogP contribution in [0.5, 0.6) is 5.75 Å². The molecule has 1 heterocycles. The van der Waals surface area contributed by atoms with E-state index in [0.717, 1.165) is 18.8 Å². The highest BCUT2D eigenvalue weighted by Gasteiger charge is 2.24. The Balaban J connectivity index is 1.73. The van der Waals surface area contributed by atoms with Crippen LogP contribution in [0.4, 0.5) is 0 Å². The minimum atomic E-state index is 0.369. The summed E-state index contributed by atoms with van der Waals surface area (Å²) in [7, 11) is 1.73. The number of para-hydroxylation sites is 1. The molecule has 3 heteroatoms. The first kappa shape index (κ1) is 16.0. The lowest BCUT2D eigenvalue weighted by molar-refractivity contribution is 0.373. The van der Waals surface area contributed by atoms with Gasteiger partial charge in [0.15, 0.2) is 0 Å². The van der Waals surface area contributed by atoms with Crippen molar-refractivity contribution in [3.8, 4) is 5.75 Å². The SMILES string of the molecule is COc1ccccc1CN[C@@H]1CCCCN[C@@H]1c1ccccc1. The van der Waals surface area contributed by atoms with Gasteiger partial charge in [0.2, 0.25) is 0 Å². The van der Waals surface area contributed by atoms with Crippen LogP contribution < -0.4 is 15.4 Å². The van der Waals surface area contributed by atoms with Crippen molar-refractivity contribution in [1.82, 2.24) is 10.6 Å². The minimum absolute atomic E-state index is 0.369. The summed E-state index contributed by atoms with van der Waals surface area (Å²) in [4.78, 5) is 0. The van der Waals surface area contributed by atoms with Crippen LogP contribution in [0, 0.1) is 0 Å². The molecule has 2 aromatic rings. The molecule has 0 aromatic heterocycles. The third-order valence-corrected chi connectivity index (χ3v) is 4.61. The van der Waals surface area contributed by atoms with Crippen molar-refractivity contribution in [2.45, 2.75) is 37.9 Å². The van der Waals surface area contributed by atoms with Crippen LogP contribution in [0.15, 0.2) is 54.6 Å². The number of ether oxygens (including phenoxy) is 1. The van der Waals surface area contributed by atoms with E-state index in [1.54, 1.807) is 7.11 Å². The van der Waals surface area contributed by atoms with Gasteiger partial charge in [-0.25, -0.2) is 0 Å². The third-order valence-electron chi connectivity index (χ3n) is 4.61. The van der Waals surface area contributed by atoms with Gasteiger partial charge in [0.1, 0.15) is 5.75 Å². The van der Waals surface area contributed by atoms with Crippen molar-refractivity contribution < 1.29 is 4.74 Å². The second-order valence-electron chi connectivity index (χ2n) is 6.14. The first-order chi connectivity index (χ1) is 11.4. The predicted molar refractivity (Wildman–Crippen MR) is 94.7 cm³/mol. The molecular weight excluding hydrogens is 284 g/mol. The number of hydrogen-bond acceptors (Lipinski definition) is 3. The highest BCUT2D eigenvalue weighted by molar-refractivity contribution is 5.33. The van der Waals surface area contributed by atoms with Crippen LogP contribution in [-0.4, -0.2) is 19.7 Å². The highest BCUT2D eigenvalue weighted by Crippen LogP contribution is 2.24. The lowest BCUT2D eigenvalue weighted by Gasteiger charge is -2.27. The smallest absolute Gasteiger partial charge is 0.123 e. The van der Waals surface area contributed by atoms with Crippen LogP contribution >= 0.6 is 0 Å². The van der Waals surface area contributed by atoms with Gasteiger partial charge in [0, 0.05) is 24.2 Å². The maximum atomic E-state index is 5.47. The largest absolute Gasteiger partial charge is 0.496 e. The van der Waals surface area contributed by atoms with Gasteiger partial charge in [-0.3, -0.25) is 0 Å². The lowest BCUT2D eigenvalue weighted by atomic mass is 9.96. The van der Waals surface area contributed by atoms with Gasteiger partial charge in [0.05, 0.1) is 7.11 Å². The Morgan fingerprint density at radius 2 is 1.83 bits per heavy atom. The molecule has 0 radical (unpaired) electrons. The topological polar surface area (TPSA) is 33.3 Å². The molecular formula is C20H26N2O. The van der Waals surface area contributed by atoms with E-state index >= 15 is 0 Å². The van der Waals surface area contributed by atoms with Crippen molar-refractivity contribution in [3.63, 3.8) is 0 Å². The van der Waals surface area contributed by atoms with E-state index in [0.29, 0.717) is 12.1 Å². The number of benzene rings is 2. The van der Waals surface area contributed by atoms with Gasteiger partial charge in [-0.15, -0.1) is 0 Å². The van der Waals surface area contributed by atoms with Crippen molar-refractivity contribution in [2.24, 2.45) is 0 Å². The maximum Gasteiger partial charge on any atom is 0.123 e. The molecule has 0 aliphatic carbocycles. The fourth-order valence-corrected chi connectivity index (χ4v) is 3.38. The van der Waals surface area contributed by atoms with E-state index in [4.69, 9.17) is 4.74 Å². The van der Waals surface area contributed by atoms with E-state index in [9.17, 15) is 0 Å². The summed E-state index contributed by atoms with van der Waals surface area (Å²) in [5, 5.41) is 7.48. The van der Waals surface area contributed by atoms with Gasteiger partial charge < -0.3 is 15.4 Å². The van der Waals surface area contributed by atoms with Gasteiger partial charge >= 0.3 is 0 Å². The first-order valence-electron chi connectivity index (χ1n) is 8.52. The molecule has 1 saturated heterocycles. The van der Waals surface area contributed by atoms with E-state index in [-0.39, 0.29) is 0 Å². The van der Waals surface area contributed by atoms with Gasteiger partial charge in [0.25, 0.3) is 0 Å². The zero-order valence-corrected chi connectivity index (χ0v) is 13.8. The zero-order chi connectivity index (χ0) is 15.9. The second-order valence-corrected chi connectivity index (χ2v) is 6.14. The molecule has 0 spiro atoms. The van der Waals surface area contributed by atoms with Crippen LogP contribution in [-0.2, 0) is 6.54 Å². The Morgan fingerprint density at radius 3 is 2.65 bits per heavy atom. The Morgan fingerprint density at radius 1 is 1.04 bits per heavy atom. The van der Waals surface area contributed by atoms with Gasteiger partial charge in [-0.2, -0.15) is 0 Å². The quantitative estimate of drug-likeness (QED) is 0.884. The highest BCUT2D eigenvalue weighted by atomic mass is 16.5. The molecule has 2 aromatic carbocycles. The molecule has 0 bridgehead atoms. The molecule has 3 nitrogen and oxygen atoms in total. The monoisotopic (exact) mass is 310 g/mol. The molecule has 3 rings (SSSR count). The van der Waals surface area contributed by atoms with Crippen molar-refractivity contribution >= 4 is 0 Å². The van der Waals surface area contributed by atoms with E-state index in [2.05, 4.69) is 53.1 Å². The first-order valence-corrected chi connectivity index (χ1v) is 8.52. The maximum absolute atomic E-state index is 5.47. The van der Waals surface area contributed by atoms with Crippen molar-refractivity contribution in [1.29, 1.82) is 0 Å². The second kappa shape index (κ2) is 8.14. The predicted octanol–water partition coefficient (Wildman–Crippen LogP) is 3.67. The molecule has 2 atom stereocenters. The fraction of sp³-hybridized carbons (Fsp3) is 0.400. The summed E-state index contributed by atoms with van der Waals surface area (Å²) >= 11 is 0. The number of hydrogen-bond donors (Lipinski definition) is 2. The third kappa shape index (κ3) is 4.12. The average molecular weight is 310 g/mol. The van der Waals surface area contributed by atoms with Crippen LogP contribution in [0.1, 0.15) is 36.4 Å². The summed E-state index contributed by atoms with van der Waals surface area (Å²) in [5.74, 6) is 0.956. The molecule has 0 unspecified atom stereocenters. The summed E-state index contributed by atoms with van der Waals surface area (Å²) < 4.78 is 5.47. The van der Waals surface area contributed by atoms with E-state index in [1.807, 2.05) is 12.1 Å². The molecule has 23 heavy (non-hydrogen) atoms. The van der Waals surface area contributed by atoms with Crippen LogP contribution in [0.3, 0.4) is 0 Å². The molecule has 1 fully saturated rings. The van der Waals surface area contributed by atoms with Crippen molar-refractivity contribution in [3.05, 3.63) is 65.7 Å². The normalized spacial score (nSPS) is 21.6. The zero-order valence-electron chi connectivity index (χ0n) is 13.8. The van der Waals surface area contributed by atoms with E-state index < -0.39 is 0 Å². The Labute approximate surface area is 139 Å². The molecule has 1 aliphatic heterocycles. The molecule has 122 valence electrons. The standard InChI is InChI=1S/C20H26N2O/c1-23-19-13-6-5-11-17(19)15-22-18-12-7-8-14-21-20(18)16-9-3-2-4-10-16/h2-6,9-11,13,18,20-22H,7-8,12,14-15H2,1H3/t18-,20-/m1/s1. The van der Waals surface area contributed by atoms with Crippen LogP contribution in [0.2, 0.25) is 0 Å². The summed E-state index contributed by atoms with van der Waals surface area (Å²) in [6, 6.07) is 19.8. The Bertz CT molecular complexity index is 600. The molecule has 0 saturated carbocycles. The molecule has 2 N–H and O–H groups in total. The summed E-state index contributed by atoms with van der Waals surface area (Å²) in [5.41, 5.74) is 2.58. The molecule has 0 amide bonds. The summed E-state index contributed by atoms with van der Waals surface area (Å²) in [6.07, 6.45) is 3.71.